The second kappa shape index (κ2) is 7.10. The van der Waals surface area contributed by atoms with Gasteiger partial charge >= 0.3 is 0 Å². The molecule has 8 rings (SSSR count). The van der Waals surface area contributed by atoms with Crippen LogP contribution in [0.1, 0.15) is 23.3 Å². The molecule has 2 heterocycles. The molecule has 0 saturated heterocycles. The topological polar surface area (TPSA) is 130 Å². The van der Waals surface area contributed by atoms with Gasteiger partial charge in [-0.2, -0.15) is 0 Å². The highest BCUT2D eigenvalue weighted by atomic mass is 16.4. The standard InChI is InChI=1S/C29H21N5O3/c30-28-24-29(32-11-31-28)33-12-34(24)23-22-18(25(35)27(37)26(23)36)10-14-9-8-13-4-3-7-16-15-5-1-2-6-17(15)21(22)20(14)19(13)16/h1-12,23,25-27,35-37H,(H2,30,31,32)/t23?,25-,26+,27+/m1/s1. The number of hydrogen-bond donors (Lipinski definition) is 4. The fourth-order valence-electron chi connectivity index (χ4n) is 6.45. The van der Waals surface area contributed by atoms with Crippen LogP contribution < -0.4 is 5.73 Å². The van der Waals surface area contributed by atoms with Gasteiger partial charge < -0.3 is 25.6 Å². The normalized spacial score (nSPS) is 22.0. The van der Waals surface area contributed by atoms with Crippen LogP contribution in [-0.4, -0.2) is 47.0 Å². The van der Waals surface area contributed by atoms with Crippen molar-refractivity contribution in [3.63, 3.8) is 0 Å². The summed E-state index contributed by atoms with van der Waals surface area (Å²) < 4.78 is 1.73. The van der Waals surface area contributed by atoms with E-state index in [0.29, 0.717) is 16.7 Å². The van der Waals surface area contributed by atoms with Gasteiger partial charge in [-0.1, -0.05) is 54.6 Å². The van der Waals surface area contributed by atoms with E-state index in [1.54, 1.807) is 10.9 Å². The Hall–Kier alpha value is -4.37. The van der Waals surface area contributed by atoms with Crippen molar-refractivity contribution in [3.05, 3.63) is 84.4 Å². The van der Waals surface area contributed by atoms with Crippen LogP contribution in [0.3, 0.4) is 0 Å². The molecule has 0 fully saturated rings. The molecule has 5 aromatic carbocycles. The van der Waals surface area contributed by atoms with Crippen LogP contribution in [-0.2, 0) is 0 Å². The number of nitrogens with two attached hydrogens (primary N) is 1. The molecular weight excluding hydrogens is 466 g/mol. The van der Waals surface area contributed by atoms with E-state index in [4.69, 9.17) is 5.73 Å². The maximum absolute atomic E-state index is 11.5. The van der Waals surface area contributed by atoms with Crippen LogP contribution in [0.2, 0.25) is 0 Å². The first-order valence-corrected chi connectivity index (χ1v) is 12.1. The molecule has 0 aliphatic heterocycles. The molecule has 0 saturated carbocycles. The van der Waals surface area contributed by atoms with Gasteiger partial charge in [-0.15, -0.1) is 0 Å². The number of aromatic nitrogens is 4. The van der Waals surface area contributed by atoms with Crippen LogP contribution >= 0.6 is 0 Å². The van der Waals surface area contributed by atoms with Crippen molar-refractivity contribution in [2.45, 2.75) is 24.4 Å². The summed E-state index contributed by atoms with van der Waals surface area (Å²) >= 11 is 0. The number of benzene rings is 5. The maximum atomic E-state index is 11.5. The Morgan fingerprint density at radius 2 is 1.49 bits per heavy atom. The average molecular weight is 488 g/mol. The zero-order valence-electron chi connectivity index (χ0n) is 19.4. The number of anilines is 1. The summed E-state index contributed by atoms with van der Waals surface area (Å²) in [4.78, 5) is 12.8. The van der Waals surface area contributed by atoms with Gasteiger partial charge in [-0.25, -0.2) is 15.0 Å². The number of nitrogen functional groups attached to an aromatic ring is 1. The molecule has 0 spiro atoms. The lowest BCUT2D eigenvalue weighted by molar-refractivity contribution is -0.0833. The number of aliphatic hydroxyl groups excluding tert-OH is 3. The Balaban J connectivity index is 1.63. The minimum absolute atomic E-state index is 0.222. The molecule has 37 heavy (non-hydrogen) atoms. The van der Waals surface area contributed by atoms with E-state index in [9.17, 15) is 15.3 Å². The highest BCUT2D eigenvalue weighted by Crippen LogP contribution is 2.50. The molecule has 0 radical (unpaired) electrons. The van der Waals surface area contributed by atoms with Crippen molar-refractivity contribution >= 4 is 60.1 Å². The van der Waals surface area contributed by atoms with Gasteiger partial charge in [0.1, 0.15) is 30.2 Å². The van der Waals surface area contributed by atoms with Gasteiger partial charge in [0.05, 0.1) is 12.4 Å². The molecule has 8 heteroatoms. The van der Waals surface area contributed by atoms with Gasteiger partial charge in [-0.05, 0) is 60.3 Å². The lowest BCUT2D eigenvalue weighted by atomic mass is 9.76. The van der Waals surface area contributed by atoms with Crippen molar-refractivity contribution in [2.24, 2.45) is 0 Å². The predicted molar refractivity (Wildman–Crippen MR) is 142 cm³/mol. The minimum atomic E-state index is -1.42. The van der Waals surface area contributed by atoms with Gasteiger partial charge in [0, 0.05) is 0 Å². The zero-order valence-corrected chi connectivity index (χ0v) is 19.4. The first-order chi connectivity index (χ1) is 18.0. The summed E-state index contributed by atoms with van der Waals surface area (Å²) in [5.41, 5.74) is 8.41. The number of nitrogens with zero attached hydrogens (tertiary/aromatic N) is 4. The van der Waals surface area contributed by atoms with E-state index < -0.39 is 24.4 Å². The van der Waals surface area contributed by atoms with Gasteiger partial charge in [0.2, 0.25) is 0 Å². The molecule has 1 aliphatic carbocycles. The molecule has 5 N–H and O–H groups in total. The summed E-state index contributed by atoms with van der Waals surface area (Å²) in [7, 11) is 0. The summed E-state index contributed by atoms with van der Waals surface area (Å²) in [5, 5.41) is 42.2. The summed E-state index contributed by atoms with van der Waals surface area (Å²) in [6.07, 6.45) is -1.11. The second-order valence-electron chi connectivity index (χ2n) is 9.82. The molecule has 4 atom stereocenters. The summed E-state index contributed by atoms with van der Waals surface area (Å²) in [5.74, 6) is 0.222. The van der Waals surface area contributed by atoms with Gasteiger partial charge in [0.25, 0.3) is 0 Å². The first kappa shape index (κ1) is 20.8. The Morgan fingerprint density at radius 3 is 2.35 bits per heavy atom. The lowest BCUT2D eigenvalue weighted by Crippen LogP contribution is -2.44. The van der Waals surface area contributed by atoms with E-state index in [-0.39, 0.29) is 5.82 Å². The quantitative estimate of drug-likeness (QED) is 0.205. The molecule has 2 aromatic heterocycles. The van der Waals surface area contributed by atoms with Gasteiger partial charge in [-0.3, -0.25) is 0 Å². The summed E-state index contributed by atoms with van der Waals surface area (Å²) in [6.45, 7) is 0. The van der Waals surface area contributed by atoms with E-state index in [0.717, 1.165) is 48.7 Å². The Morgan fingerprint density at radius 1 is 0.730 bits per heavy atom. The third kappa shape index (κ3) is 2.54. The van der Waals surface area contributed by atoms with Crippen LogP contribution in [0, 0.1) is 0 Å². The van der Waals surface area contributed by atoms with Crippen LogP contribution in [0.5, 0.6) is 0 Å². The van der Waals surface area contributed by atoms with Gasteiger partial charge in [0.15, 0.2) is 11.5 Å². The number of fused-ring (bicyclic) bond motifs is 6. The third-order valence-electron chi connectivity index (χ3n) is 8.01. The van der Waals surface area contributed by atoms with Crippen LogP contribution in [0.25, 0.3) is 54.3 Å². The molecule has 1 unspecified atom stereocenters. The molecule has 7 aromatic rings. The molecule has 8 nitrogen and oxygen atoms in total. The maximum Gasteiger partial charge on any atom is 0.182 e. The van der Waals surface area contributed by atoms with E-state index in [2.05, 4.69) is 57.4 Å². The largest absolute Gasteiger partial charge is 0.388 e. The number of aliphatic hydroxyl groups is 3. The Labute approximate surface area is 209 Å². The smallest absolute Gasteiger partial charge is 0.182 e. The molecule has 0 bridgehead atoms. The fraction of sp³-hybridized carbons (Fsp3) is 0.138. The summed E-state index contributed by atoms with van der Waals surface area (Å²) in [6, 6.07) is 19.8. The molecule has 180 valence electrons. The Kier molecular flexibility index (Phi) is 3.99. The second-order valence-corrected chi connectivity index (χ2v) is 9.82. The first-order valence-electron chi connectivity index (χ1n) is 12.1. The third-order valence-corrected chi connectivity index (χ3v) is 8.01. The molecule has 1 aliphatic rings. The van der Waals surface area contributed by atoms with Crippen molar-refractivity contribution in [1.29, 1.82) is 0 Å². The SMILES string of the molecule is Nc1ncnc2ncn(C3c4c(cc5ccc6cccc7c8ccccc8c4c5c67)[C@@H](O)[C@H](O)[C@H]3O)c12. The highest BCUT2D eigenvalue weighted by Gasteiger charge is 2.44. The monoisotopic (exact) mass is 487 g/mol. The zero-order chi connectivity index (χ0) is 25.0. The predicted octanol–water partition coefficient (Wildman–Crippen LogP) is 3.82. The highest BCUT2D eigenvalue weighted by molar-refractivity contribution is 6.34. The minimum Gasteiger partial charge on any atom is -0.388 e. The van der Waals surface area contributed by atoms with E-state index >= 15 is 0 Å². The van der Waals surface area contributed by atoms with E-state index in [1.807, 2.05) is 18.2 Å². The van der Waals surface area contributed by atoms with Crippen molar-refractivity contribution in [2.75, 3.05) is 5.73 Å². The Bertz CT molecular complexity index is 2030. The lowest BCUT2D eigenvalue weighted by Gasteiger charge is -2.39. The van der Waals surface area contributed by atoms with Crippen LogP contribution in [0.4, 0.5) is 5.82 Å². The van der Waals surface area contributed by atoms with Crippen molar-refractivity contribution in [1.82, 2.24) is 19.5 Å². The number of imidazole rings is 1. The van der Waals surface area contributed by atoms with Crippen molar-refractivity contribution < 1.29 is 15.3 Å². The average Bonchev–Trinajstić information content (AvgIpc) is 3.36. The number of rotatable bonds is 1. The fourth-order valence-corrected chi connectivity index (χ4v) is 6.45. The van der Waals surface area contributed by atoms with E-state index in [1.165, 1.54) is 6.33 Å². The number of hydrogen-bond acceptors (Lipinski definition) is 7. The molecular formula is C29H21N5O3. The van der Waals surface area contributed by atoms with Crippen molar-refractivity contribution in [3.8, 4) is 0 Å². The molecule has 0 amide bonds. The van der Waals surface area contributed by atoms with Crippen LogP contribution in [0.15, 0.2) is 73.3 Å².